The molecular formula is C10H9FN2S2. The van der Waals surface area contributed by atoms with Crippen LogP contribution in [-0.4, -0.2) is 10.2 Å². The zero-order valence-corrected chi connectivity index (χ0v) is 9.74. The lowest BCUT2D eigenvalue weighted by atomic mass is 10.2. The van der Waals surface area contributed by atoms with Gasteiger partial charge in [0.1, 0.15) is 10.8 Å². The fraction of sp³-hybridized carbons (Fsp3) is 0.200. The van der Waals surface area contributed by atoms with Gasteiger partial charge in [-0.2, -0.15) is 0 Å². The lowest BCUT2D eigenvalue weighted by Crippen LogP contribution is -1.82. The molecule has 78 valence electrons. The first kappa shape index (κ1) is 10.6. The summed E-state index contributed by atoms with van der Waals surface area (Å²) in [5.74, 6) is 0.536. The van der Waals surface area contributed by atoms with Gasteiger partial charge in [0.25, 0.3) is 0 Å². The Morgan fingerprint density at radius 1 is 1.40 bits per heavy atom. The van der Waals surface area contributed by atoms with E-state index < -0.39 is 0 Å². The monoisotopic (exact) mass is 240 g/mol. The second-order valence-electron chi connectivity index (χ2n) is 3.01. The number of aryl methyl sites for hydroxylation is 1. The highest BCUT2D eigenvalue weighted by Gasteiger charge is 2.02. The molecule has 2 aromatic rings. The minimum atomic E-state index is -0.193. The van der Waals surface area contributed by atoms with Crippen molar-refractivity contribution >= 4 is 23.1 Å². The molecule has 15 heavy (non-hydrogen) atoms. The van der Waals surface area contributed by atoms with Gasteiger partial charge in [0.05, 0.1) is 0 Å². The van der Waals surface area contributed by atoms with E-state index in [1.807, 2.05) is 13.0 Å². The third-order valence-corrected chi connectivity index (χ3v) is 3.80. The highest BCUT2D eigenvalue weighted by atomic mass is 32.2. The van der Waals surface area contributed by atoms with Crippen molar-refractivity contribution in [2.24, 2.45) is 0 Å². The van der Waals surface area contributed by atoms with Crippen LogP contribution < -0.4 is 0 Å². The summed E-state index contributed by atoms with van der Waals surface area (Å²) >= 11 is 3.14. The van der Waals surface area contributed by atoms with Crippen LogP contribution in [0.5, 0.6) is 0 Å². The summed E-state index contributed by atoms with van der Waals surface area (Å²) in [5.41, 5.74) is 0.966. The summed E-state index contributed by atoms with van der Waals surface area (Å²) in [6.45, 7) is 1.92. The second-order valence-corrected chi connectivity index (χ2v) is 5.41. The van der Waals surface area contributed by atoms with E-state index in [-0.39, 0.29) is 5.82 Å². The summed E-state index contributed by atoms with van der Waals surface area (Å²) < 4.78 is 13.8. The number of hydrogen-bond acceptors (Lipinski definition) is 4. The molecule has 2 nitrogen and oxygen atoms in total. The minimum Gasteiger partial charge on any atom is -0.207 e. The van der Waals surface area contributed by atoms with Gasteiger partial charge in [-0.1, -0.05) is 35.2 Å². The van der Waals surface area contributed by atoms with E-state index in [2.05, 4.69) is 10.2 Å². The SMILES string of the molecule is Cc1nnc(SCc2cccc(F)c2)s1. The molecule has 0 atom stereocenters. The molecule has 0 radical (unpaired) electrons. The van der Waals surface area contributed by atoms with Gasteiger partial charge in [-0.25, -0.2) is 4.39 Å². The molecule has 0 aliphatic rings. The van der Waals surface area contributed by atoms with Crippen molar-refractivity contribution in [3.05, 3.63) is 40.7 Å². The number of rotatable bonds is 3. The number of benzene rings is 1. The van der Waals surface area contributed by atoms with Crippen molar-refractivity contribution in [3.8, 4) is 0 Å². The molecule has 0 saturated heterocycles. The predicted molar refractivity (Wildman–Crippen MR) is 60.6 cm³/mol. The maximum atomic E-state index is 12.9. The van der Waals surface area contributed by atoms with Crippen molar-refractivity contribution in [1.82, 2.24) is 10.2 Å². The maximum Gasteiger partial charge on any atom is 0.174 e. The molecule has 1 heterocycles. The van der Waals surface area contributed by atoms with Crippen LogP contribution in [0.15, 0.2) is 28.6 Å². The zero-order valence-electron chi connectivity index (χ0n) is 8.11. The largest absolute Gasteiger partial charge is 0.207 e. The van der Waals surface area contributed by atoms with Gasteiger partial charge < -0.3 is 0 Å². The molecule has 5 heteroatoms. The molecule has 0 bridgehead atoms. The number of halogens is 1. The number of aromatic nitrogens is 2. The van der Waals surface area contributed by atoms with Crippen molar-refractivity contribution in [2.45, 2.75) is 17.0 Å². The quantitative estimate of drug-likeness (QED) is 0.770. The molecule has 1 aromatic carbocycles. The lowest BCUT2D eigenvalue weighted by molar-refractivity contribution is 0.626. The normalized spacial score (nSPS) is 10.5. The summed E-state index contributed by atoms with van der Waals surface area (Å²) in [6.07, 6.45) is 0. The molecule has 0 unspecified atom stereocenters. The summed E-state index contributed by atoms with van der Waals surface area (Å²) in [7, 11) is 0. The van der Waals surface area contributed by atoms with Crippen LogP contribution in [0.3, 0.4) is 0 Å². The molecule has 0 aliphatic carbocycles. The van der Waals surface area contributed by atoms with E-state index in [9.17, 15) is 4.39 Å². The van der Waals surface area contributed by atoms with E-state index in [1.54, 1.807) is 35.2 Å². The van der Waals surface area contributed by atoms with E-state index in [4.69, 9.17) is 0 Å². The summed E-state index contributed by atoms with van der Waals surface area (Å²) in [5, 5.41) is 8.87. The second kappa shape index (κ2) is 4.72. The van der Waals surface area contributed by atoms with Crippen molar-refractivity contribution in [3.63, 3.8) is 0 Å². The van der Waals surface area contributed by atoms with E-state index in [0.717, 1.165) is 20.7 Å². The van der Waals surface area contributed by atoms with Gasteiger partial charge in [-0.15, -0.1) is 10.2 Å². The molecule has 0 N–H and O–H groups in total. The van der Waals surface area contributed by atoms with Crippen LogP contribution in [0.1, 0.15) is 10.6 Å². The standard InChI is InChI=1S/C10H9FN2S2/c1-7-12-13-10(15-7)14-6-8-3-2-4-9(11)5-8/h2-5H,6H2,1H3. The van der Waals surface area contributed by atoms with Crippen LogP contribution in [-0.2, 0) is 5.75 Å². The highest BCUT2D eigenvalue weighted by molar-refractivity contribution is 8.00. The number of thioether (sulfide) groups is 1. The first-order chi connectivity index (χ1) is 7.24. The Balaban J connectivity index is 1.99. The van der Waals surface area contributed by atoms with Gasteiger partial charge >= 0.3 is 0 Å². The average molecular weight is 240 g/mol. The Morgan fingerprint density at radius 2 is 2.27 bits per heavy atom. The van der Waals surface area contributed by atoms with Crippen molar-refractivity contribution < 1.29 is 4.39 Å². The van der Waals surface area contributed by atoms with Crippen molar-refractivity contribution in [1.29, 1.82) is 0 Å². The van der Waals surface area contributed by atoms with E-state index in [0.29, 0.717) is 0 Å². The number of hydrogen-bond donors (Lipinski definition) is 0. The van der Waals surface area contributed by atoms with Gasteiger partial charge in [-0.05, 0) is 24.6 Å². The Morgan fingerprint density at radius 3 is 2.93 bits per heavy atom. The minimum absolute atomic E-state index is 0.193. The summed E-state index contributed by atoms with van der Waals surface area (Å²) in [4.78, 5) is 0. The predicted octanol–water partition coefficient (Wildman–Crippen LogP) is 3.28. The van der Waals surface area contributed by atoms with Gasteiger partial charge in [0, 0.05) is 5.75 Å². The highest BCUT2D eigenvalue weighted by Crippen LogP contribution is 2.25. The van der Waals surface area contributed by atoms with Gasteiger partial charge in [0.15, 0.2) is 4.34 Å². The van der Waals surface area contributed by atoms with Gasteiger partial charge in [-0.3, -0.25) is 0 Å². The smallest absolute Gasteiger partial charge is 0.174 e. The third-order valence-electron chi connectivity index (χ3n) is 1.76. The molecule has 0 fully saturated rings. The Hall–Kier alpha value is -0.940. The Labute approximate surface area is 95.6 Å². The topological polar surface area (TPSA) is 25.8 Å². The van der Waals surface area contributed by atoms with E-state index >= 15 is 0 Å². The molecular weight excluding hydrogens is 231 g/mol. The van der Waals surface area contributed by atoms with Crippen molar-refractivity contribution in [2.75, 3.05) is 0 Å². The van der Waals surface area contributed by atoms with Crippen LogP contribution in [0.2, 0.25) is 0 Å². The Kier molecular flexibility index (Phi) is 3.33. The lowest BCUT2D eigenvalue weighted by Gasteiger charge is -1.97. The van der Waals surface area contributed by atoms with E-state index in [1.165, 1.54) is 6.07 Å². The number of nitrogens with zero attached hydrogens (tertiary/aromatic N) is 2. The molecule has 2 rings (SSSR count). The van der Waals surface area contributed by atoms with Crippen LogP contribution in [0.25, 0.3) is 0 Å². The Bertz CT molecular complexity index is 456. The zero-order chi connectivity index (χ0) is 10.7. The molecule has 0 amide bonds. The molecule has 0 aliphatic heterocycles. The molecule has 1 aromatic heterocycles. The van der Waals surface area contributed by atoms with Crippen LogP contribution in [0, 0.1) is 12.7 Å². The average Bonchev–Trinajstić information content (AvgIpc) is 2.62. The fourth-order valence-electron chi connectivity index (χ4n) is 1.11. The van der Waals surface area contributed by atoms with Crippen LogP contribution in [0.4, 0.5) is 4.39 Å². The van der Waals surface area contributed by atoms with Crippen LogP contribution >= 0.6 is 23.1 Å². The first-order valence-electron chi connectivity index (χ1n) is 4.41. The van der Waals surface area contributed by atoms with Gasteiger partial charge in [0.2, 0.25) is 0 Å². The fourth-order valence-corrected chi connectivity index (χ4v) is 2.87. The maximum absolute atomic E-state index is 12.9. The third kappa shape index (κ3) is 3.00. The summed E-state index contributed by atoms with van der Waals surface area (Å²) in [6, 6.07) is 6.62. The molecule has 0 saturated carbocycles. The molecule has 0 spiro atoms. The first-order valence-corrected chi connectivity index (χ1v) is 6.21.